The molecule has 2 rings (SSSR count). The lowest BCUT2D eigenvalue weighted by Gasteiger charge is -2.16. The quantitative estimate of drug-likeness (QED) is 0.813. The van der Waals surface area contributed by atoms with Gasteiger partial charge < -0.3 is 5.32 Å². The van der Waals surface area contributed by atoms with Gasteiger partial charge in [0.1, 0.15) is 0 Å². The highest BCUT2D eigenvalue weighted by molar-refractivity contribution is 7.89. The van der Waals surface area contributed by atoms with Crippen molar-refractivity contribution in [3.63, 3.8) is 0 Å². The number of nitrogens with zero attached hydrogens (tertiary/aromatic N) is 1. The minimum Gasteiger partial charge on any atom is -0.346 e. The minimum atomic E-state index is -3.72. The van der Waals surface area contributed by atoms with Crippen LogP contribution in [0.3, 0.4) is 0 Å². The molecule has 0 aromatic heterocycles. The molecule has 7 heteroatoms. The van der Waals surface area contributed by atoms with Crippen molar-refractivity contribution in [1.29, 1.82) is 0 Å². The molecule has 0 radical (unpaired) electrons. The van der Waals surface area contributed by atoms with Crippen molar-refractivity contribution in [2.24, 2.45) is 0 Å². The fraction of sp³-hybridized carbons (Fsp3) is 0.235. The summed E-state index contributed by atoms with van der Waals surface area (Å²) in [4.78, 5) is 17.1. The molecule has 6 nitrogen and oxygen atoms in total. The van der Waals surface area contributed by atoms with E-state index >= 15 is 0 Å². The molecule has 128 valence electrons. The Kier molecular flexibility index (Phi) is 5.71. The van der Waals surface area contributed by atoms with Gasteiger partial charge in [0, 0.05) is 12.6 Å². The fourth-order valence-corrected chi connectivity index (χ4v) is 3.10. The van der Waals surface area contributed by atoms with Crippen LogP contribution < -0.4 is 5.32 Å². The van der Waals surface area contributed by atoms with Gasteiger partial charge in [0.2, 0.25) is 0 Å². The highest BCUT2D eigenvalue weighted by atomic mass is 32.2. The summed E-state index contributed by atoms with van der Waals surface area (Å²) in [6.45, 7) is 1.89. The Bertz CT molecular complexity index is 789. The number of benzene rings is 2. The molecule has 2 aromatic rings. The van der Waals surface area contributed by atoms with E-state index in [0.29, 0.717) is 5.56 Å². The molecule has 2 aromatic carbocycles. The summed E-state index contributed by atoms with van der Waals surface area (Å²) >= 11 is 0. The third-order valence-electron chi connectivity index (χ3n) is 3.66. The Morgan fingerprint density at radius 1 is 1.08 bits per heavy atom. The second-order valence-electron chi connectivity index (χ2n) is 5.23. The predicted molar refractivity (Wildman–Crippen MR) is 90.7 cm³/mol. The number of rotatable bonds is 6. The lowest BCUT2D eigenvalue weighted by atomic mass is 10.1. The predicted octanol–water partition coefficient (Wildman–Crippen LogP) is 2.36. The fourth-order valence-electron chi connectivity index (χ4n) is 2.13. The molecule has 0 saturated heterocycles. The van der Waals surface area contributed by atoms with E-state index in [9.17, 15) is 13.2 Å². The van der Waals surface area contributed by atoms with Crippen molar-refractivity contribution >= 4 is 15.9 Å². The zero-order chi connectivity index (χ0) is 17.7. The smallest absolute Gasteiger partial charge is 0.264 e. The van der Waals surface area contributed by atoms with Crippen LogP contribution in [0.1, 0.15) is 28.9 Å². The van der Waals surface area contributed by atoms with E-state index in [1.165, 1.54) is 38.4 Å². The third-order valence-corrected chi connectivity index (χ3v) is 5.35. The van der Waals surface area contributed by atoms with Crippen LogP contribution in [-0.4, -0.2) is 33.0 Å². The normalized spacial score (nSPS) is 12.8. The number of carbonyl (C=O) groups excluding carboxylic acids is 1. The summed E-state index contributed by atoms with van der Waals surface area (Å²) in [6, 6.07) is 15.2. The average Bonchev–Trinajstić information content (AvgIpc) is 2.61. The van der Waals surface area contributed by atoms with Crippen LogP contribution in [0.5, 0.6) is 0 Å². The van der Waals surface area contributed by atoms with E-state index in [1.54, 1.807) is 0 Å². The van der Waals surface area contributed by atoms with Gasteiger partial charge in [0.05, 0.1) is 18.0 Å². The van der Waals surface area contributed by atoms with Gasteiger partial charge in [-0.25, -0.2) is 8.42 Å². The van der Waals surface area contributed by atoms with Crippen LogP contribution in [0.4, 0.5) is 0 Å². The maximum Gasteiger partial charge on any atom is 0.264 e. The van der Waals surface area contributed by atoms with Gasteiger partial charge in [-0.2, -0.15) is 0 Å². The van der Waals surface area contributed by atoms with E-state index in [-0.39, 0.29) is 16.8 Å². The molecule has 0 aliphatic carbocycles. The summed E-state index contributed by atoms with van der Waals surface area (Å²) in [6.07, 6.45) is 0. The maximum absolute atomic E-state index is 12.3. The first kappa shape index (κ1) is 18.1. The van der Waals surface area contributed by atoms with E-state index in [0.717, 1.165) is 10.0 Å². The molecule has 0 saturated carbocycles. The standard InChI is InChI=1S/C17H20N2O4S/c1-13(14-7-5-4-6-8-14)18-17(20)15-9-11-16(12-10-15)24(21,22)19(2)23-3/h4-13H,1-3H3,(H,18,20). The first-order chi connectivity index (χ1) is 11.4. The Balaban J connectivity index is 2.12. The summed E-state index contributed by atoms with van der Waals surface area (Å²) in [7, 11) is -1.15. The van der Waals surface area contributed by atoms with Gasteiger partial charge in [0.15, 0.2) is 0 Å². The monoisotopic (exact) mass is 348 g/mol. The topological polar surface area (TPSA) is 75.7 Å². The van der Waals surface area contributed by atoms with Crippen molar-refractivity contribution in [1.82, 2.24) is 9.79 Å². The Morgan fingerprint density at radius 2 is 1.67 bits per heavy atom. The zero-order valence-corrected chi connectivity index (χ0v) is 14.6. The van der Waals surface area contributed by atoms with Gasteiger partial charge in [0.25, 0.3) is 15.9 Å². The van der Waals surface area contributed by atoms with E-state index in [4.69, 9.17) is 4.84 Å². The van der Waals surface area contributed by atoms with Gasteiger partial charge in [-0.1, -0.05) is 34.8 Å². The van der Waals surface area contributed by atoms with Crippen LogP contribution >= 0.6 is 0 Å². The number of nitrogens with one attached hydrogen (secondary N) is 1. The van der Waals surface area contributed by atoms with Crippen LogP contribution in [0.15, 0.2) is 59.5 Å². The molecule has 0 aliphatic rings. The highest BCUT2D eigenvalue weighted by Gasteiger charge is 2.21. The lowest BCUT2D eigenvalue weighted by molar-refractivity contribution is -0.0258. The molecule has 0 heterocycles. The second kappa shape index (κ2) is 7.57. The average molecular weight is 348 g/mol. The van der Waals surface area contributed by atoms with Crippen molar-refractivity contribution < 1.29 is 18.0 Å². The molecule has 1 N–H and O–H groups in total. The Morgan fingerprint density at radius 3 is 2.21 bits per heavy atom. The summed E-state index contributed by atoms with van der Waals surface area (Å²) < 4.78 is 25.0. The van der Waals surface area contributed by atoms with Crippen molar-refractivity contribution in [3.8, 4) is 0 Å². The molecular formula is C17H20N2O4S. The number of carbonyl (C=O) groups is 1. The molecule has 0 bridgehead atoms. The third kappa shape index (κ3) is 4.00. The molecule has 1 atom stereocenters. The van der Waals surface area contributed by atoms with Gasteiger partial charge in [-0.05, 0) is 36.8 Å². The van der Waals surface area contributed by atoms with Crippen LogP contribution in [-0.2, 0) is 14.9 Å². The maximum atomic E-state index is 12.3. The first-order valence-corrected chi connectivity index (χ1v) is 8.79. The molecule has 1 amide bonds. The van der Waals surface area contributed by atoms with Crippen LogP contribution in [0.2, 0.25) is 0 Å². The second-order valence-corrected chi connectivity index (χ2v) is 7.16. The van der Waals surface area contributed by atoms with Gasteiger partial charge in [-0.3, -0.25) is 9.63 Å². The first-order valence-electron chi connectivity index (χ1n) is 7.35. The minimum absolute atomic E-state index is 0.0551. The Hall–Kier alpha value is -2.22. The molecular weight excluding hydrogens is 328 g/mol. The number of hydrogen-bond acceptors (Lipinski definition) is 4. The summed E-state index contributed by atoms with van der Waals surface area (Å²) in [5.41, 5.74) is 1.38. The number of hydroxylamine groups is 1. The Labute approximate surface area is 142 Å². The molecule has 1 unspecified atom stereocenters. The van der Waals surface area contributed by atoms with Crippen molar-refractivity contribution in [2.75, 3.05) is 14.2 Å². The van der Waals surface area contributed by atoms with Crippen LogP contribution in [0, 0.1) is 0 Å². The molecule has 24 heavy (non-hydrogen) atoms. The van der Waals surface area contributed by atoms with Crippen molar-refractivity contribution in [3.05, 3.63) is 65.7 Å². The SMILES string of the molecule is CON(C)S(=O)(=O)c1ccc(C(=O)NC(C)c2ccccc2)cc1. The summed E-state index contributed by atoms with van der Waals surface area (Å²) in [5.74, 6) is -0.268. The van der Waals surface area contributed by atoms with Gasteiger partial charge >= 0.3 is 0 Å². The van der Waals surface area contributed by atoms with E-state index < -0.39 is 10.0 Å². The largest absolute Gasteiger partial charge is 0.346 e. The highest BCUT2D eigenvalue weighted by Crippen LogP contribution is 2.16. The van der Waals surface area contributed by atoms with Gasteiger partial charge in [-0.15, -0.1) is 0 Å². The number of amides is 1. The van der Waals surface area contributed by atoms with Crippen molar-refractivity contribution in [2.45, 2.75) is 17.9 Å². The summed E-state index contributed by atoms with van der Waals surface area (Å²) in [5, 5.41) is 2.88. The number of sulfonamides is 1. The van der Waals surface area contributed by atoms with E-state index in [2.05, 4.69) is 5.32 Å². The zero-order valence-electron chi connectivity index (χ0n) is 13.8. The molecule has 0 fully saturated rings. The molecule has 0 spiro atoms. The molecule has 0 aliphatic heterocycles. The number of hydrogen-bond donors (Lipinski definition) is 1. The lowest BCUT2D eigenvalue weighted by Crippen LogP contribution is -2.27. The van der Waals surface area contributed by atoms with E-state index in [1.807, 2.05) is 37.3 Å². The van der Waals surface area contributed by atoms with Crippen LogP contribution in [0.25, 0.3) is 0 Å².